The molecule has 5 heteroatoms. The fourth-order valence-corrected chi connectivity index (χ4v) is 12.8. The second kappa shape index (κ2) is 13.5. The molecule has 0 bridgehead atoms. The van der Waals surface area contributed by atoms with Crippen LogP contribution in [0.2, 0.25) is 0 Å². The maximum absolute atomic E-state index is 7.53. The molecule has 14 rings (SSSR count). The van der Waals surface area contributed by atoms with Gasteiger partial charge in [0, 0.05) is 55.4 Å². The SMILES string of the molecule is CC(C)(C)c1ccc(N2B3c4oc5ccc(-c6ccccc6)cc5c4-n4c5ccc(C(C)(C)C)cc5c5c6c(c(c3c54)-c3cc4c(cc32)oc2cc(C(C)(C)C)ccc24)-c2ccccc2C6(C)C)cc1. The molecule has 0 saturated heterocycles. The highest BCUT2D eigenvalue weighted by Gasteiger charge is 2.52. The lowest BCUT2D eigenvalue weighted by Gasteiger charge is -2.41. The minimum absolute atomic E-state index is 0.00968. The molecule has 3 aliphatic rings. The Labute approximate surface area is 410 Å². The molecule has 11 aromatic rings. The molecule has 0 unspecified atom stereocenters. The van der Waals surface area contributed by atoms with Crippen LogP contribution in [0.25, 0.3) is 93.8 Å². The van der Waals surface area contributed by atoms with Crippen molar-refractivity contribution in [2.45, 2.75) is 97.8 Å². The first kappa shape index (κ1) is 41.7. The predicted octanol–water partition coefficient (Wildman–Crippen LogP) is 16.5. The molecule has 5 heterocycles. The summed E-state index contributed by atoms with van der Waals surface area (Å²) in [6, 6.07) is 55.1. The summed E-state index contributed by atoms with van der Waals surface area (Å²) in [6.07, 6.45) is 0. The van der Waals surface area contributed by atoms with Crippen molar-refractivity contribution in [1.29, 1.82) is 0 Å². The Morgan fingerprint density at radius 1 is 0.500 bits per heavy atom. The molecule has 70 heavy (non-hydrogen) atoms. The van der Waals surface area contributed by atoms with Gasteiger partial charge in [-0.25, -0.2) is 0 Å². The number of nitrogens with zero attached hydrogens (tertiary/aromatic N) is 2. The Morgan fingerprint density at radius 2 is 1.17 bits per heavy atom. The normalized spacial score (nSPS) is 14.8. The molecule has 0 atom stereocenters. The molecule has 0 amide bonds. The molecule has 0 saturated carbocycles. The fraction of sp³-hybridized carbons (Fsp3) is 0.231. The van der Waals surface area contributed by atoms with E-state index in [1.807, 2.05) is 0 Å². The van der Waals surface area contributed by atoms with Crippen molar-refractivity contribution in [1.82, 2.24) is 4.57 Å². The molecule has 0 N–H and O–H groups in total. The molecule has 3 aromatic heterocycles. The van der Waals surface area contributed by atoms with Crippen molar-refractivity contribution in [2.24, 2.45) is 0 Å². The highest BCUT2D eigenvalue weighted by Crippen LogP contribution is 2.60. The Balaban J connectivity index is 1.21. The van der Waals surface area contributed by atoms with E-state index in [0.29, 0.717) is 0 Å². The van der Waals surface area contributed by atoms with Crippen LogP contribution >= 0.6 is 0 Å². The van der Waals surface area contributed by atoms with Gasteiger partial charge in [0.15, 0.2) is 0 Å². The van der Waals surface area contributed by atoms with E-state index in [0.717, 1.165) is 55.6 Å². The zero-order valence-electron chi connectivity index (χ0n) is 42.1. The van der Waals surface area contributed by atoms with E-state index in [2.05, 4.69) is 231 Å². The van der Waals surface area contributed by atoms with Crippen molar-refractivity contribution in [3.8, 4) is 39.1 Å². The van der Waals surface area contributed by atoms with Crippen LogP contribution in [0.4, 0.5) is 11.4 Å². The van der Waals surface area contributed by atoms with Gasteiger partial charge in [-0.1, -0.05) is 167 Å². The van der Waals surface area contributed by atoms with E-state index < -0.39 is 0 Å². The monoisotopic (exact) mass is 908 g/mol. The maximum Gasteiger partial charge on any atom is 0.375 e. The van der Waals surface area contributed by atoms with Crippen molar-refractivity contribution in [2.75, 3.05) is 4.81 Å². The molecule has 342 valence electrons. The summed E-state index contributed by atoms with van der Waals surface area (Å²) in [5.41, 5.74) is 24.5. The predicted molar refractivity (Wildman–Crippen MR) is 296 cm³/mol. The van der Waals surface area contributed by atoms with Crippen molar-refractivity contribution >= 4 is 84.1 Å². The number of aromatic nitrogens is 1. The average Bonchev–Trinajstić information content (AvgIpc) is 4.05. The van der Waals surface area contributed by atoms with E-state index in [4.69, 9.17) is 8.83 Å². The van der Waals surface area contributed by atoms with Crippen LogP contribution < -0.4 is 15.9 Å². The first-order valence-corrected chi connectivity index (χ1v) is 25.2. The minimum atomic E-state index is -0.317. The number of furan rings is 2. The van der Waals surface area contributed by atoms with Crippen molar-refractivity contribution in [3.63, 3.8) is 0 Å². The van der Waals surface area contributed by atoms with Gasteiger partial charge in [-0.15, -0.1) is 0 Å². The first-order valence-electron chi connectivity index (χ1n) is 25.2. The summed E-state index contributed by atoms with van der Waals surface area (Å²) in [4.78, 5) is 2.59. The molecule has 0 fully saturated rings. The van der Waals surface area contributed by atoms with Gasteiger partial charge in [0.2, 0.25) is 0 Å². The van der Waals surface area contributed by atoms with Crippen molar-refractivity contribution in [3.05, 3.63) is 173 Å². The molecular formula is C65H57BN2O2. The lowest BCUT2D eigenvalue weighted by molar-refractivity contribution is 0.587. The Morgan fingerprint density at radius 3 is 1.91 bits per heavy atom. The van der Waals surface area contributed by atoms with Crippen LogP contribution in [0, 0.1) is 0 Å². The second-order valence-corrected chi connectivity index (χ2v) is 24.1. The maximum atomic E-state index is 7.53. The van der Waals surface area contributed by atoms with Gasteiger partial charge in [-0.2, -0.15) is 0 Å². The van der Waals surface area contributed by atoms with Crippen LogP contribution in [0.3, 0.4) is 0 Å². The van der Waals surface area contributed by atoms with Gasteiger partial charge in [0.1, 0.15) is 22.4 Å². The van der Waals surface area contributed by atoms with Crippen LogP contribution in [0.5, 0.6) is 0 Å². The summed E-state index contributed by atoms with van der Waals surface area (Å²) in [6.45, 7) is 25.3. The van der Waals surface area contributed by atoms with Crippen LogP contribution in [0.15, 0.2) is 154 Å². The third-order valence-electron chi connectivity index (χ3n) is 16.4. The average molecular weight is 909 g/mol. The summed E-state index contributed by atoms with van der Waals surface area (Å²) in [5, 5.41) is 6.02. The first-order chi connectivity index (χ1) is 33.4. The van der Waals surface area contributed by atoms with Gasteiger partial charge < -0.3 is 18.2 Å². The minimum Gasteiger partial charge on any atom is -0.466 e. The zero-order chi connectivity index (χ0) is 48.1. The number of fused-ring (bicyclic) bond motifs is 18. The largest absolute Gasteiger partial charge is 0.466 e. The second-order valence-electron chi connectivity index (χ2n) is 24.1. The summed E-state index contributed by atoms with van der Waals surface area (Å²) >= 11 is 0. The van der Waals surface area contributed by atoms with Crippen LogP contribution in [-0.2, 0) is 21.7 Å². The van der Waals surface area contributed by atoms with Gasteiger partial charge in [0.05, 0.1) is 16.7 Å². The summed E-state index contributed by atoms with van der Waals surface area (Å²) in [7, 11) is 0. The highest BCUT2D eigenvalue weighted by molar-refractivity contribution is 6.93. The molecule has 0 spiro atoms. The van der Waals surface area contributed by atoms with E-state index in [-0.39, 0.29) is 28.5 Å². The summed E-state index contributed by atoms with van der Waals surface area (Å²) < 4.78 is 17.2. The van der Waals surface area contributed by atoms with Gasteiger partial charge in [-0.05, 0) is 126 Å². The third-order valence-corrected chi connectivity index (χ3v) is 16.4. The topological polar surface area (TPSA) is 34.5 Å². The van der Waals surface area contributed by atoms with Gasteiger partial charge in [-0.3, -0.25) is 0 Å². The zero-order valence-corrected chi connectivity index (χ0v) is 42.1. The molecule has 4 nitrogen and oxygen atoms in total. The third kappa shape index (κ3) is 5.49. The van der Waals surface area contributed by atoms with E-state index in [1.165, 1.54) is 88.5 Å². The molecular weight excluding hydrogens is 852 g/mol. The standard InChI is InChI=1S/C65H57BN2O2/c1-62(2,3)38-22-26-41(27-23-38)68-50-35-53-44(42-28-24-40(64(7,8)9)33-52(42)69-53)34-46(50)55-54-43-19-15-16-20-48(43)65(10,11)57(54)56-45-32-39(63(4,5)6)25-29-49(45)67-59-47-31-37(36-17-13-12-14-18-36)21-30-51(47)70-61(59)66(68)58(55)60(56)67/h12-35H,1-11H3. The Bertz CT molecular complexity index is 4080. The summed E-state index contributed by atoms with van der Waals surface area (Å²) in [5.74, 6) is 0. The Hall–Kier alpha value is -7.24. The smallest absolute Gasteiger partial charge is 0.375 e. The molecule has 1 aliphatic carbocycles. The quantitative estimate of drug-likeness (QED) is 0.162. The number of rotatable bonds is 2. The lowest BCUT2D eigenvalue weighted by Crippen LogP contribution is -2.60. The van der Waals surface area contributed by atoms with Gasteiger partial charge >= 0.3 is 6.85 Å². The molecule has 0 radical (unpaired) electrons. The van der Waals surface area contributed by atoms with Crippen LogP contribution in [-0.4, -0.2) is 11.4 Å². The molecule has 2 aliphatic heterocycles. The number of benzene rings is 8. The van der Waals surface area contributed by atoms with Gasteiger partial charge in [0.25, 0.3) is 0 Å². The highest BCUT2D eigenvalue weighted by atomic mass is 16.3. The van der Waals surface area contributed by atoms with E-state index in [9.17, 15) is 0 Å². The van der Waals surface area contributed by atoms with E-state index in [1.54, 1.807) is 0 Å². The number of hydrogen-bond acceptors (Lipinski definition) is 3. The molecule has 8 aromatic carbocycles. The van der Waals surface area contributed by atoms with Crippen molar-refractivity contribution < 1.29 is 8.83 Å². The number of anilines is 2. The number of hydrogen-bond donors (Lipinski definition) is 0. The fourth-order valence-electron chi connectivity index (χ4n) is 12.8. The Kier molecular flexibility index (Phi) is 8.07. The lowest BCUT2D eigenvalue weighted by atomic mass is 9.45. The van der Waals surface area contributed by atoms with E-state index >= 15 is 0 Å². The van der Waals surface area contributed by atoms with Crippen LogP contribution in [0.1, 0.15) is 104 Å².